The summed E-state index contributed by atoms with van der Waals surface area (Å²) in [7, 11) is 0. The van der Waals surface area contributed by atoms with Crippen LogP contribution >= 0.6 is 11.3 Å². The van der Waals surface area contributed by atoms with Gasteiger partial charge in [0.2, 0.25) is 5.89 Å². The van der Waals surface area contributed by atoms with Gasteiger partial charge >= 0.3 is 0 Å². The summed E-state index contributed by atoms with van der Waals surface area (Å²) in [4.78, 5) is 21.1. The third-order valence-corrected chi connectivity index (χ3v) is 4.46. The van der Waals surface area contributed by atoms with E-state index in [4.69, 9.17) is 4.42 Å². The molecule has 4 aromatic rings. The first-order valence-corrected chi connectivity index (χ1v) is 8.29. The van der Waals surface area contributed by atoms with E-state index in [1.807, 2.05) is 41.8 Å². The Morgan fingerprint density at radius 3 is 2.79 bits per heavy atom. The minimum Gasteiger partial charge on any atom is -0.436 e. The van der Waals surface area contributed by atoms with Gasteiger partial charge < -0.3 is 9.73 Å². The second-order valence-electron chi connectivity index (χ2n) is 5.22. The van der Waals surface area contributed by atoms with Crippen LogP contribution in [0.5, 0.6) is 0 Å². The standard InChI is InChI=1S/C18H13N3O2S/c22-17(16-2-1-9-24-16)20-10-12-3-5-13(6-4-12)18-21-14-11-19-8-7-15(14)23-18/h1-9,11H,10H2,(H,20,22). The molecule has 1 amide bonds. The fourth-order valence-electron chi connectivity index (χ4n) is 2.35. The number of nitrogens with zero attached hydrogens (tertiary/aromatic N) is 2. The van der Waals surface area contributed by atoms with Gasteiger partial charge in [0.15, 0.2) is 5.58 Å². The van der Waals surface area contributed by atoms with Gasteiger partial charge in [-0.2, -0.15) is 0 Å². The lowest BCUT2D eigenvalue weighted by atomic mass is 10.1. The van der Waals surface area contributed by atoms with E-state index in [1.54, 1.807) is 18.5 Å². The van der Waals surface area contributed by atoms with Gasteiger partial charge in [-0.1, -0.05) is 18.2 Å². The molecule has 0 bridgehead atoms. The van der Waals surface area contributed by atoms with Crippen LogP contribution in [0.3, 0.4) is 0 Å². The monoisotopic (exact) mass is 335 g/mol. The van der Waals surface area contributed by atoms with E-state index < -0.39 is 0 Å². The van der Waals surface area contributed by atoms with E-state index in [9.17, 15) is 4.79 Å². The Hall–Kier alpha value is -2.99. The molecule has 0 spiro atoms. The van der Waals surface area contributed by atoms with Crippen LogP contribution in [-0.4, -0.2) is 15.9 Å². The average molecular weight is 335 g/mol. The molecule has 0 atom stereocenters. The fraction of sp³-hybridized carbons (Fsp3) is 0.0556. The van der Waals surface area contributed by atoms with Crippen LogP contribution in [0.4, 0.5) is 0 Å². The van der Waals surface area contributed by atoms with Gasteiger partial charge in [-0.15, -0.1) is 11.3 Å². The third-order valence-electron chi connectivity index (χ3n) is 3.59. The molecule has 1 N–H and O–H groups in total. The number of aromatic nitrogens is 2. The normalized spacial score (nSPS) is 10.8. The summed E-state index contributed by atoms with van der Waals surface area (Å²) in [6, 6.07) is 13.2. The molecule has 0 aliphatic heterocycles. The number of nitrogens with one attached hydrogen (secondary N) is 1. The second-order valence-corrected chi connectivity index (χ2v) is 6.17. The number of oxazole rings is 1. The molecular weight excluding hydrogens is 322 g/mol. The summed E-state index contributed by atoms with van der Waals surface area (Å²) in [5, 5.41) is 4.79. The van der Waals surface area contributed by atoms with E-state index in [2.05, 4.69) is 15.3 Å². The summed E-state index contributed by atoms with van der Waals surface area (Å²) in [6.45, 7) is 0.481. The summed E-state index contributed by atoms with van der Waals surface area (Å²) in [6.07, 6.45) is 3.35. The number of amides is 1. The molecule has 118 valence electrons. The first-order valence-electron chi connectivity index (χ1n) is 7.41. The molecule has 0 fully saturated rings. The van der Waals surface area contributed by atoms with Crippen molar-refractivity contribution in [2.75, 3.05) is 0 Å². The quantitative estimate of drug-likeness (QED) is 0.614. The zero-order chi connectivity index (χ0) is 16.4. The number of fused-ring (bicyclic) bond motifs is 1. The van der Waals surface area contributed by atoms with Gasteiger partial charge in [0.1, 0.15) is 5.52 Å². The zero-order valence-corrected chi connectivity index (χ0v) is 13.4. The number of hydrogen-bond donors (Lipinski definition) is 1. The summed E-state index contributed by atoms with van der Waals surface area (Å²) in [5.74, 6) is 0.507. The van der Waals surface area contributed by atoms with Gasteiger partial charge in [-0.3, -0.25) is 9.78 Å². The van der Waals surface area contributed by atoms with Crippen molar-refractivity contribution in [1.82, 2.24) is 15.3 Å². The Labute approximate surface area is 142 Å². The molecule has 0 aliphatic rings. The van der Waals surface area contributed by atoms with Crippen molar-refractivity contribution in [3.05, 3.63) is 70.7 Å². The number of thiophene rings is 1. The highest BCUT2D eigenvalue weighted by Crippen LogP contribution is 2.23. The predicted molar refractivity (Wildman–Crippen MR) is 92.7 cm³/mol. The van der Waals surface area contributed by atoms with Crippen molar-refractivity contribution < 1.29 is 9.21 Å². The number of hydrogen-bond acceptors (Lipinski definition) is 5. The van der Waals surface area contributed by atoms with Crippen molar-refractivity contribution >= 4 is 28.3 Å². The van der Waals surface area contributed by atoms with Crippen LogP contribution in [0.2, 0.25) is 0 Å². The number of rotatable bonds is 4. The van der Waals surface area contributed by atoms with Gasteiger partial charge in [-0.25, -0.2) is 4.98 Å². The lowest BCUT2D eigenvalue weighted by Gasteiger charge is -2.04. The molecule has 24 heavy (non-hydrogen) atoms. The molecule has 3 heterocycles. The number of carbonyl (C=O) groups excluding carboxylic acids is 1. The molecule has 0 unspecified atom stereocenters. The smallest absolute Gasteiger partial charge is 0.261 e. The first-order chi connectivity index (χ1) is 11.8. The van der Waals surface area contributed by atoms with Crippen LogP contribution in [0.15, 0.2) is 64.7 Å². The number of benzene rings is 1. The van der Waals surface area contributed by atoms with Crippen molar-refractivity contribution in [2.45, 2.75) is 6.54 Å². The Kier molecular flexibility index (Phi) is 3.80. The fourth-order valence-corrected chi connectivity index (χ4v) is 2.99. The maximum atomic E-state index is 11.9. The van der Waals surface area contributed by atoms with Crippen molar-refractivity contribution in [1.29, 1.82) is 0 Å². The molecule has 4 rings (SSSR count). The molecular formula is C18H13N3O2S. The largest absolute Gasteiger partial charge is 0.436 e. The van der Waals surface area contributed by atoms with Crippen LogP contribution in [0, 0.1) is 0 Å². The Morgan fingerprint density at radius 2 is 2.04 bits per heavy atom. The number of carbonyl (C=O) groups is 1. The maximum Gasteiger partial charge on any atom is 0.261 e. The molecule has 0 radical (unpaired) electrons. The lowest BCUT2D eigenvalue weighted by molar-refractivity contribution is 0.0955. The predicted octanol–water partition coefficient (Wildman–Crippen LogP) is 3.88. The van der Waals surface area contributed by atoms with E-state index in [0.717, 1.165) is 16.6 Å². The van der Waals surface area contributed by atoms with Crippen molar-refractivity contribution in [2.24, 2.45) is 0 Å². The van der Waals surface area contributed by atoms with Crippen molar-refractivity contribution in [3.63, 3.8) is 0 Å². The van der Waals surface area contributed by atoms with Gasteiger partial charge in [0.25, 0.3) is 5.91 Å². The Bertz CT molecular complexity index is 942. The molecule has 0 saturated heterocycles. The summed E-state index contributed by atoms with van der Waals surface area (Å²) < 4.78 is 5.72. The third kappa shape index (κ3) is 2.91. The van der Waals surface area contributed by atoms with Gasteiger partial charge in [-0.05, 0) is 29.1 Å². The highest BCUT2D eigenvalue weighted by atomic mass is 32.1. The minimum absolute atomic E-state index is 0.0551. The van der Waals surface area contributed by atoms with Crippen LogP contribution < -0.4 is 5.32 Å². The van der Waals surface area contributed by atoms with E-state index >= 15 is 0 Å². The zero-order valence-electron chi connectivity index (χ0n) is 12.6. The number of pyridine rings is 1. The van der Waals surface area contributed by atoms with E-state index in [0.29, 0.717) is 22.9 Å². The highest BCUT2D eigenvalue weighted by molar-refractivity contribution is 7.12. The second kappa shape index (κ2) is 6.25. The topological polar surface area (TPSA) is 68.0 Å². The van der Waals surface area contributed by atoms with Gasteiger partial charge in [0.05, 0.1) is 11.1 Å². The van der Waals surface area contributed by atoms with Crippen LogP contribution in [0.1, 0.15) is 15.2 Å². The van der Waals surface area contributed by atoms with Gasteiger partial charge in [0, 0.05) is 24.4 Å². The lowest BCUT2D eigenvalue weighted by Crippen LogP contribution is -2.21. The molecule has 3 aromatic heterocycles. The summed E-state index contributed by atoms with van der Waals surface area (Å²) >= 11 is 1.43. The molecule has 6 heteroatoms. The highest BCUT2D eigenvalue weighted by Gasteiger charge is 2.09. The minimum atomic E-state index is -0.0551. The molecule has 1 aromatic carbocycles. The van der Waals surface area contributed by atoms with E-state index in [1.165, 1.54) is 11.3 Å². The average Bonchev–Trinajstić information content (AvgIpc) is 3.29. The molecule has 0 saturated carbocycles. The van der Waals surface area contributed by atoms with Crippen LogP contribution in [0.25, 0.3) is 22.6 Å². The first kappa shape index (κ1) is 14.6. The Morgan fingerprint density at radius 1 is 1.17 bits per heavy atom. The maximum absolute atomic E-state index is 11.9. The SMILES string of the molecule is O=C(NCc1ccc(-c2nc3cnccc3o2)cc1)c1cccs1. The van der Waals surface area contributed by atoms with E-state index in [-0.39, 0.29) is 5.91 Å². The molecule has 0 aliphatic carbocycles. The summed E-state index contributed by atoms with van der Waals surface area (Å²) in [5.41, 5.74) is 3.35. The van der Waals surface area contributed by atoms with Crippen molar-refractivity contribution in [3.8, 4) is 11.5 Å². The molecule has 5 nitrogen and oxygen atoms in total. The Balaban J connectivity index is 1.47. The van der Waals surface area contributed by atoms with Crippen LogP contribution in [-0.2, 0) is 6.54 Å².